The van der Waals surface area contributed by atoms with E-state index in [4.69, 9.17) is 16.7 Å². The molecule has 2 aliphatic heterocycles. The van der Waals surface area contributed by atoms with E-state index in [2.05, 4.69) is 0 Å². The van der Waals surface area contributed by atoms with Crippen molar-refractivity contribution >= 4 is 17.7 Å². The molecule has 2 heterocycles. The van der Waals surface area contributed by atoms with Crippen LogP contribution in [0, 0.1) is 0 Å². The lowest BCUT2D eigenvalue weighted by Gasteiger charge is -2.29. The van der Waals surface area contributed by atoms with Gasteiger partial charge in [-0.1, -0.05) is 23.8 Å². The summed E-state index contributed by atoms with van der Waals surface area (Å²) in [5, 5.41) is 9.59. The van der Waals surface area contributed by atoms with Gasteiger partial charge in [0.15, 0.2) is 0 Å². The molecule has 4 nitrogen and oxygen atoms in total. The van der Waals surface area contributed by atoms with Crippen LogP contribution in [-0.2, 0) is 0 Å². The lowest BCUT2D eigenvalue weighted by atomic mass is 9.97. The molecule has 0 atom stereocenters. The molecule has 92 valence electrons. The highest BCUT2D eigenvalue weighted by Crippen LogP contribution is 2.25. The molecule has 0 aromatic rings. The van der Waals surface area contributed by atoms with Crippen molar-refractivity contribution in [3.05, 3.63) is 34.5 Å². The van der Waals surface area contributed by atoms with Crippen molar-refractivity contribution in [3.8, 4) is 0 Å². The van der Waals surface area contributed by atoms with Gasteiger partial charge in [0, 0.05) is 26.7 Å². The predicted octanol–water partition coefficient (Wildman–Crippen LogP) is 2.25. The maximum Gasteiger partial charge on any atom is 0.407 e. The van der Waals surface area contributed by atoms with Crippen LogP contribution in [0.5, 0.6) is 0 Å². The van der Waals surface area contributed by atoms with Crippen LogP contribution in [0.15, 0.2) is 34.5 Å². The van der Waals surface area contributed by atoms with Gasteiger partial charge < -0.3 is 14.9 Å². The minimum atomic E-state index is -0.849. The molecule has 0 aromatic heterocycles. The summed E-state index contributed by atoms with van der Waals surface area (Å²) >= 11 is 5.97. The van der Waals surface area contributed by atoms with Crippen molar-refractivity contribution in [1.82, 2.24) is 9.80 Å². The molecule has 1 amide bonds. The Labute approximate surface area is 105 Å². The summed E-state index contributed by atoms with van der Waals surface area (Å²) in [5.74, 6) is 0. The van der Waals surface area contributed by atoms with Gasteiger partial charge in [-0.25, -0.2) is 4.79 Å². The largest absolute Gasteiger partial charge is 0.465 e. The van der Waals surface area contributed by atoms with Crippen LogP contribution in [0.3, 0.4) is 0 Å². The lowest BCUT2D eigenvalue weighted by Crippen LogP contribution is -2.34. The fourth-order valence-electron chi connectivity index (χ4n) is 2.02. The quantitative estimate of drug-likeness (QED) is 0.730. The molecule has 0 unspecified atom stereocenters. The van der Waals surface area contributed by atoms with Gasteiger partial charge in [0.05, 0.1) is 0 Å². The molecule has 17 heavy (non-hydrogen) atoms. The van der Waals surface area contributed by atoms with E-state index >= 15 is 0 Å². The van der Waals surface area contributed by atoms with E-state index in [1.807, 2.05) is 30.2 Å². The van der Waals surface area contributed by atoms with Gasteiger partial charge in [-0.05, 0) is 23.6 Å². The third-order valence-corrected chi connectivity index (χ3v) is 3.50. The molecule has 0 radical (unpaired) electrons. The highest BCUT2D eigenvalue weighted by molar-refractivity contribution is 6.29. The van der Waals surface area contributed by atoms with Gasteiger partial charge in [0.2, 0.25) is 0 Å². The van der Waals surface area contributed by atoms with Crippen LogP contribution in [0.4, 0.5) is 4.79 Å². The number of rotatable bonds is 1. The number of nitrogens with zero attached hydrogens (tertiary/aromatic N) is 2. The number of amides is 1. The summed E-state index contributed by atoms with van der Waals surface area (Å²) in [5.41, 5.74) is 2.46. The van der Waals surface area contributed by atoms with Crippen molar-refractivity contribution < 1.29 is 9.90 Å². The van der Waals surface area contributed by atoms with Crippen LogP contribution in [0.2, 0.25) is 0 Å². The predicted molar refractivity (Wildman–Crippen MR) is 66.9 cm³/mol. The zero-order chi connectivity index (χ0) is 12.4. The van der Waals surface area contributed by atoms with Crippen LogP contribution >= 0.6 is 11.6 Å². The number of carboxylic acid groups (broad SMARTS) is 1. The van der Waals surface area contributed by atoms with E-state index in [1.165, 1.54) is 16.0 Å². The Morgan fingerprint density at radius 2 is 2.18 bits per heavy atom. The minimum Gasteiger partial charge on any atom is -0.465 e. The molecule has 0 fully saturated rings. The summed E-state index contributed by atoms with van der Waals surface area (Å²) < 4.78 is 0. The third-order valence-electron chi connectivity index (χ3n) is 3.09. The molecule has 2 aliphatic rings. The van der Waals surface area contributed by atoms with E-state index in [-0.39, 0.29) is 0 Å². The normalized spacial score (nSPS) is 20.7. The molecule has 5 heteroatoms. The van der Waals surface area contributed by atoms with E-state index in [0.29, 0.717) is 13.1 Å². The van der Waals surface area contributed by atoms with Gasteiger partial charge in [-0.15, -0.1) is 0 Å². The molecule has 0 aliphatic carbocycles. The fourth-order valence-corrected chi connectivity index (χ4v) is 2.15. The number of likely N-dealkylation sites (N-methyl/N-ethyl adjacent to an activating group) is 1. The molecular formula is C12H15ClN2O2. The second kappa shape index (κ2) is 4.84. The Kier molecular flexibility index (Phi) is 3.43. The minimum absolute atomic E-state index is 0.475. The van der Waals surface area contributed by atoms with Gasteiger partial charge >= 0.3 is 6.09 Å². The second-order valence-corrected chi connectivity index (χ2v) is 4.63. The first-order chi connectivity index (χ1) is 8.08. The lowest BCUT2D eigenvalue weighted by molar-refractivity contribution is 0.149. The van der Waals surface area contributed by atoms with Crippen molar-refractivity contribution in [2.24, 2.45) is 0 Å². The first-order valence-electron chi connectivity index (χ1n) is 5.52. The van der Waals surface area contributed by atoms with Crippen LogP contribution in [-0.4, -0.2) is 47.7 Å². The molecule has 0 spiro atoms. The number of halogens is 1. The van der Waals surface area contributed by atoms with E-state index in [0.717, 1.165) is 18.1 Å². The van der Waals surface area contributed by atoms with Gasteiger partial charge in [-0.2, -0.15) is 0 Å². The Hall–Kier alpha value is -1.42. The topological polar surface area (TPSA) is 43.8 Å². The highest BCUT2D eigenvalue weighted by atomic mass is 35.5. The van der Waals surface area contributed by atoms with Crippen LogP contribution < -0.4 is 0 Å². The molecule has 2 rings (SSSR count). The Bertz CT molecular complexity index is 426. The third kappa shape index (κ3) is 2.64. The van der Waals surface area contributed by atoms with Gasteiger partial charge in [0.1, 0.15) is 5.16 Å². The SMILES string of the molecule is CN1CC(C2=CCN(C(=O)O)CC2)=CC=C1Cl. The Morgan fingerprint density at radius 1 is 1.41 bits per heavy atom. The first kappa shape index (κ1) is 12.0. The number of allylic oxidation sites excluding steroid dienone is 2. The second-order valence-electron chi connectivity index (χ2n) is 4.25. The van der Waals surface area contributed by atoms with Crippen molar-refractivity contribution in [2.45, 2.75) is 6.42 Å². The number of hydrogen-bond donors (Lipinski definition) is 1. The maximum atomic E-state index is 10.8. The molecule has 0 aromatic carbocycles. The zero-order valence-electron chi connectivity index (χ0n) is 9.69. The first-order valence-corrected chi connectivity index (χ1v) is 5.90. The molecule has 0 saturated carbocycles. The standard InChI is InChI=1S/C12H15ClN2O2/c1-14-8-10(2-3-11(14)13)9-4-6-15(7-5-9)12(16)17/h2-4H,5-8H2,1H3,(H,16,17). The summed E-state index contributed by atoms with van der Waals surface area (Å²) in [6.45, 7) is 1.83. The molecular weight excluding hydrogens is 240 g/mol. The van der Waals surface area contributed by atoms with E-state index < -0.39 is 6.09 Å². The van der Waals surface area contributed by atoms with Crippen molar-refractivity contribution in [3.63, 3.8) is 0 Å². The molecule has 0 bridgehead atoms. The smallest absolute Gasteiger partial charge is 0.407 e. The summed E-state index contributed by atoms with van der Waals surface area (Å²) in [7, 11) is 1.94. The Balaban J connectivity index is 2.08. The Morgan fingerprint density at radius 3 is 2.71 bits per heavy atom. The van der Waals surface area contributed by atoms with Crippen LogP contribution in [0.1, 0.15) is 6.42 Å². The summed E-state index contributed by atoms with van der Waals surface area (Å²) in [4.78, 5) is 14.2. The zero-order valence-corrected chi connectivity index (χ0v) is 10.4. The monoisotopic (exact) mass is 254 g/mol. The number of hydrogen-bond acceptors (Lipinski definition) is 2. The number of carbonyl (C=O) groups is 1. The highest BCUT2D eigenvalue weighted by Gasteiger charge is 2.19. The fraction of sp³-hybridized carbons (Fsp3) is 0.417. The van der Waals surface area contributed by atoms with Gasteiger partial charge in [-0.3, -0.25) is 0 Å². The van der Waals surface area contributed by atoms with Gasteiger partial charge in [0.25, 0.3) is 0 Å². The van der Waals surface area contributed by atoms with Crippen LogP contribution in [0.25, 0.3) is 0 Å². The summed E-state index contributed by atoms with van der Waals surface area (Å²) in [6, 6.07) is 0. The van der Waals surface area contributed by atoms with Crippen molar-refractivity contribution in [2.75, 3.05) is 26.7 Å². The average molecular weight is 255 g/mol. The van der Waals surface area contributed by atoms with Crippen molar-refractivity contribution in [1.29, 1.82) is 0 Å². The van der Waals surface area contributed by atoms with E-state index in [9.17, 15) is 4.79 Å². The van der Waals surface area contributed by atoms with E-state index in [1.54, 1.807) is 0 Å². The summed E-state index contributed by atoms with van der Waals surface area (Å²) in [6.07, 6.45) is 5.81. The maximum absolute atomic E-state index is 10.8. The average Bonchev–Trinajstić information content (AvgIpc) is 2.33. The molecule has 0 saturated heterocycles. The molecule has 1 N–H and O–H groups in total.